The fourth-order valence-electron chi connectivity index (χ4n) is 5.60. The summed E-state index contributed by atoms with van der Waals surface area (Å²) in [4.78, 5) is 17.7. The van der Waals surface area contributed by atoms with Crippen LogP contribution in [0.3, 0.4) is 0 Å². The lowest BCUT2D eigenvalue weighted by Gasteiger charge is -2.31. The lowest BCUT2D eigenvalue weighted by Crippen LogP contribution is -2.36. The number of fused-ring (bicyclic) bond motifs is 1. The summed E-state index contributed by atoms with van der Waals surface area (Å²) in [6.07, 6.45) is 6.85. The highest BCUT2D eigenvalue weighted by Gasteiger charge is 2.28. The van der Waals surface area contributed by atoms with Crippen molar-refractivity contribution in [2.75, 3.05) is 57.8 Å². The van der Waals surface area contributed by atoms with Gasteiger partial charge in [0, 0.05) is 55.6 Å². The normalized spacial score (nSPS) is 18.9. The molecule has 188 valence electrons. The van der Waals surface area contributed by atoms with E-state index in [0.29, 0.717) is 12.0 Å². The van der Waals surface area contributed by atoms with E-state index in [-0.39, 0.29) is 0 Å². The molecular weight excluding hydrogens is 454 g/mol. The zero-order chi connectivity index (χ0) is 24.2. The number of pyridine rings is 1. The van der Waals surface area contributed by atoms with Crippen LogP contribution in [0.1, 0.15) is 62.2 Å². The largest absolute Gasteiger partial charge is 0.494 e. The third kappa shape index (κ3) is 5.47. The Morgan fingerprint density at radius 1 is 1.00 bits per heavy atom. The molecule has 1 aromatic carbocycles. The average molecular weight is 494 g/mol. The molecule has 2 saturated heterocycles. The van der Waals surface area contributed by atoms with Crippen molar-refractivity contribution in [2.24, 2.45) is 0 Å². The predicted octanol–water partition coefficient (Wildman–Crippen LogP) is 5.56. The van der Waals surface area contributed by atoms with Crippen molar-refractivity contribution in [1.82, 2.24) is 19.8 Å². The van der Waals surface area contributed by atoms with Crippen LogP contribution >= 0.6 is 11.3 Å². The quantitative estimate of drug-likeness (QED) is 0.409. The molecule has 7 heteroatoms. The predicted molar refractivity (Wildman–Crippen MR) is 146 cm³/mol. The van der Waals surface area contributed by atoms with Crippen molar-refractivity contribution in [1.29, 1.82) is 0 Å². The molecule has 0 aliphatic carbocycles. The van der Waals surface area contributed by atoms with Crippen LogP contribution < -0.4 is 9.64 Å². The van der Waals surface area contributed by atoms with E-state index in [0.717, 1.165) is 61.4 Å². The monoisotopic (exact) mass is 493 g/mol. The van der Waals surface area contributed by atoms with Crippen molar-refractivity contribution in [2.45, 2.75) is 51.5 Å². The Morgan fingerprint density at radius 3 is 2.63 bits per heavy atom. The molecule has 0 radical (unpaired) electrons. The van der Waals surface area contributed by atoms with E-state index in [2.05, 4.69) is 52.1 Å². The van der Waals surface area contributed by atoms with Crippen LogP contribution in [0.15, 0.2) is 35.8 Å². The molecular formula is C28H39N5OS. The number of hydrogen-bond donors (Lipinski definition) is 0. The molecule has 2 fully saturated rings. The van der Waals surface area contributed by atoms with Crippen LogP contribution in [0.25, 0.3) is 10.9 Å². The molecule has 2 aliphatic rings. The van der Waals surface area contributed by atoms with Crippen molar-refractivity contribution < 1.29 is 4.74 Å². The van der Waals surface area contributed by atoms with Crippen LogP contribution in [0.4, 0.5) is 5.69 Å². The maximum atomic E-state index is 5.80. The van der Waals surface area contributed by atoms with Gasteiger partial charge in [0.25, 0.3) is 0 Å². The first kappa shape index (κ1) is 24.5. The Labute approximate surface area is 213 Å². The van der Waals surface area contributed by atoms with Gasteiger partial charge in [-0.1, -0.05) is 19.9 Å². The fraction of sp³-hybridized carbons (Fsp3) is 0.571. The van der Waals surface area contributed by atoms with Crippen molar-refractivity contribution in [3.63, 3.8) is 0 Å². The van der Waals surface area contributed by atoms with Crippen LogP contribution in [0, 0.1) is 0 Å². The number of rotatable bonds is 8. The van der Waals surface area contributed by atoms with Gasteiger partial charge in [0.15, 0.2) is 0 Å². The van der Waals surface area contributed by atoms with E-state index in [1.165, 1.54) is 43.2 Å². The first-order chi connectivity index (χ1) is 17.1. The summed E-state index contributed by atoms with van der Waals surface area (Å²) >= 11 is 1.83. The number of likely N-dealkylation sites (tertiary alicyclic amines) is 1. The van der Waals surface area contributed by atoms with Gasteiger partial charge in [-0.2, -0.15) is 0 Å². The summed E-state index contributed by atoms with van der Waals surface area (Å²) < 4.78 is 5.80. The van der Waals surface area contributed by atoms with E-state index in [1.807, 2.05) is 23.6 Å². The molecule has 35 heavy (non-hydrogen) atoms. The lowest BCUT2D eigenvalue weighted by atomic mass is 10.1. The zero-order valence-electron chi connectivity index (χ0n) is 21.4. The summed E-state index contributed by atoms with van der Waals surface area (Å²) in [6, 6.07) is 8.72. The minimum Gasteiger partial charge on any atom is -0.494 e. The van der Waals surface area contributed by atoms with Crippen molar-refractivity contribution in [3.8, 4) is 5.75 Å². The van der Waals surface area contributed by atoms with Gasteiger partial charge in [0.05, 0.1) is 29.4 Å². The Bertz CT molecular complexity index is 1110. The molecule has 2 aliphatic heterocycles. The molecule has 0 saturated carbocycles. The average Bonchev–Trinajstić information content (AvgIpc) is 3.53. The van der Waals surface area contributed by atoms with Gasteiger partial charge in [-0.05, 0) is 57.0 Å². The molecule has 5 rings (SSSR count). The molecule has 0 N–H and O–H groups in total. The maximum Gasteiger partial charge on any atom is 0.144 e. The number of aromatic nitrogens is 2. The molecule has 0 amide bonds. The fourth-order valence-corrected chi connectivity index (χ4v) is 6.48. The molecule has 2 aromatic heterocycles. The van der Waals surface area contributed by atoms with E-state index < -0.39 is 0 Å². The summed E-state index contributed by atoms with van der Waals surface area (Å²) in [5.74, 6) is 1.40. The first-order valence-electron chi connectivity index (χ1n) is 13.2. The second-order valence-electron chi connectivity index (χ2n) is 10.2. The third-order valence-electron chi connectivity index (χ3n) is 7.51. The highest BCUT2D eigenvalue weighted by atomic mass is 32.1. The van der Waals surface area contributed by atoms with Gasteiger partial charge in [-0.3, -0.25) is 9.88 Å². The molecule has 6 nitrogen and oxygen atoms in total. The molecule has 1 unspecified atom stereocenters. The smallest absolute Gasteiger partial charge is 0.144 e. The molecule has 0 spiro atoms. The Hall–Kier alpha value is -2.22. The number of benzene rings is 1. The van der Waals surface area contributed by atoms with E-state index in [1.54, 1.807) is 7.11 Å². The lowest BCUT2D eigenvalue weighted by molar-refractivity contribution is 0.178. The highest BCUT2D eigenvalue weighted by molar-refractivity contribution is 7.09. The SMILES string of the molecule is COc1ccc2cccnc2c1N1CCCN(C(CCN2CCCC2)c2csc(C(C)C)n2)CC1. The second kappa shape index (κ2) is 11.2. The van der Waals surface area contributed by atoms with Gasteiger partial charge in [0.2, 0.25) is 0 Å². The van der Waals surface area contributed by atoms with Gasteiger partial charge >= 0.3 is 0 Å². The topological polar surface area (TPSA) is 44.7 Å². The number of methoxy groups -OCH3 is 1. The Morgan fingerprint density at radius 2 is 1.86 bits per heavy atom. The van der Waals surface area contributed by atoms with Crippen LogP contribution in [-0.2, 0) is 0 Å². The number of nitrogens with zero attached hydrogens (tertiary/aromatic N) is 5. The Balaban J connectivity index is 1.37. The number of ether oxygens (including phenoxy) is 1. The summed E-state index contributed by atoms with van der Waals surface area (Å²) in [5.41, 5.74) is 3.44. The summed E-state index contributed by atoms with van der Waals surface area (Å²) in [7, 11) is 1.76. The first-order valence-corrected chi connectivity index (χ1v) is 14.1. The summed E-state index contributed by atoms with van der Waals surface area (Å²) in [6.45, 7) is 12.3. The standard InChI is InChI=1S/C28H39N5OS/c1-21(2)28-30-23(20-35-28)24(11-17-31-13-4-5-14-31)32-15-7-16-33(19-18-32)27-25(34-3)10-9-22-8-6-12-29-26(22)27/h6,8-10,12,20-21,24H,4-5,7,11,13-19H2,1-3H3. The molecule has 0 bridgehead atoms. The van der Waals surface area contributed by atoms with Crippen molar-refractivity contribution in [3.05, 3.63) is 46.5 Å². The van der Waals surface area contributed by atoms with Gasteiger partial charge in [-0.15, -0.1) is 11.3 Å². The van der Waals surface area contributed by atoms with E-state index >= 15 is 0 Å². The van der Waals surface area contributed by atoms with Crippen LogP contribution in [0.2, 0.25) is 0 Å². The third-order valence-corrected chi connectivity index (χ3v) is 8.67. The van der Waals surface area contributed by atoms with Crippen LogP contribution in [-0.4, -0.2) is 72.7 Å². The van der Waals surface area contributed by atoms with Crippen LogP contribution in [0.5, 0.6) is 5.75 Å². The Kier molecular flexibility index (Phi) is 7.85. The summed E-state index contributed by atoms with van der Waals surface area (Å²) in [5, 5.41) is 4.75. The van der Waals surface area contributed by atoms with Gasteiger partial charge < -0.3 is 14.5 Å². The second-order valence-corrected chi connectivity index (χ2v) is 11.1. The maximum absolute atomic E-state index is 5.80. The molecule has 1 atom stereocenters. The minimum absolute atomic E-state index is 0.381. The van der Waals surface area contributed by atoms with Crippen molar-refractivity contribution >= 4 is 27.9 Å². The minimum atomic E-state index is 0.381. The van der Waals surface area contributed by atoms with E-state index in [4.69, 9.17) is 14.7 Å². The molecule has 3 aromatic rings. The van der Waals surface area contributed by atoms with E-state index in [9.17, 15) is 0 Å². The number of hydrogen-bond acceptors (Lipinski definition) is 7. The number of thiazole rings is 1. The zero-order valence-corrected chi connectivity index (χ0v) is 22.3. The van der Waals surface area contributed by atoms with Gasteiger partial charge in [0.1, 0.15) is 11.4 Å². The van der Waals surface area contributed by atoms with Gasteiger partial charge in [-0.25, -0.2) is 4.98 Å². The highest BCUT2D eigenvalue weighted by Crippen LogP contribution is 2.37. The number of anilines is 1. The molecule has 4 heterocycles.